The molecular formula is C22H20F3N5O2. The van der Waals surface area contributed by atoms with Crippen molar-refractivity contribution >= 4 is 23.1 Å². The summed E-state index contributed by atoms with van der Waals surface area (Å²) in [6.07, 6.45) is 1.30. The van der Waals surface area contributed by atoms with Crippen LogP contribution in [0.25, 0.3) is 0 Å². The molecule has 32 heavy (non-hydrogen) atoms. The predicted molar refractivity (Wildman–Crippen MR) is 114 cm³/mol. The number of phenols is 1. The van der Waals surface area contributed by atoms with Gasteiger partial charge in [0.05, 0.1) is 17.3 Å². The Kier molecular flexibility index (Phi) is 6.42. The molecule has 4 rings (SSSR count). The summed E-state index contributed by atoms with van der Waals surface area (Å²) in [5, 5.41) is 20.8. The van der Waals surface area contributed by atoms with Crippen molar-refractivity contribution < 1.29 is 23.1 Å². The van der Waals surface area contributed by atoms with E-state index >= 15 is 0 Å². The van der Waals surface area contributed by atoms with Gasteiger partial charge in [-0.3, -0.25) is 10.2 Å². The maximum atomic E-state index is 13.7. The summed E-state index contributed by atoms with van der Waals surface area (Å²) in [7, 11) is 0. The van der Waals surface area contributed by atoms with Crippen LogP contribution in [0.5, 0.6) is 5.75 Å². The number of hydrogen-bond donors (Lipinski definition) is 4. The zero-order chi connectivity index (χ0) is 23.6. The van der Waals surface area contributed by atoms with E-state index in [0.717, 1.165) is 18.5 Å². The number of halogens is 3. The first-order valence-corrected chi connectivity index (χ1v) is 9.73. The Balaban J connectivity index is 0.00000141. The molecule has 0 saturated heterocycles. The highest BCUT2D eigenvalue weighted by molar-refractivity contribution is 6.17. The molecule has 0 amide bonds. The highest BCUT2D eigenvalue weighted by Gasteiger charge is 2.32. The molecule has 0 fully saturated rings. The van der Waals surface area contributed by atoms with E-state index in [1.165, 1.54) is 18.2 Å². The first-order valence-electron chi connectivity index (χ1n) is 9.73. The van der Waals surface area contributed by atoms with E-state index in [2.05, 4.69) is 15.3 Å². The fourth-order valence-electron chi connectivity index (χ4n) is 3.37. The zero-order valence-corrected chi connectivity index (χ0v) is 17.2. The second kappa shape index (κ2) is 9.04. The van der Waals surface area contributed by atoms with Gasteiger partial charge in [0.1, 0.15) is 23.8 Å². The standard InChI is InChI=1S/C20H14F3N5O2.C2H6/c21-10-1-2-11-8(3-10)5-13(18(11)30)28-20-15(19(25)26-7-27-20)17(24)9-4-12(22)16(23)14(29)6-9;1-2/h1-4,6-7,13,24,29H,5H2,(H3,25,26,27,28);1-2H3. The van der Waals surface area contributed by atoms with Crippen molar-refractivity contribution in [3.05, 3.63) is 76.4 Å². The van der Waals surface area contributed by atoms with Crippen LogP contribution in [0.15, 0.2) is 36.7 Å². The number of aromatic hydroxyl groups is 1. The van der Waals surface area contributed by atoms with Gasteiger partial charge in [-0.15, -0.1) is 0 Å². The number of Topliss-reactive ketones (excluding diaryl/α,β-unsaturated/α-hetero) is 1. The van der Waals surface area contributed by atoms with Gasteiger partial charge in [-0.05, 0) is 35.9 Å². The van der Waals surface area contributed by atoms with Gasteiger partial charge in [0.15, 0.2) is 23.2 Å². The third-order valence-electron chi connectivity index (χ3n) is 4.81. The number of fused-ring (bicyclic) bond motifs is 1. The molecule has 1 aliphatic carbocycles. The number of aromatic nitrogens is 2. The Hall–Kier alpha value is -3.95. The number of nitrogen functional groups attached to an aromatic ring is 1. The lowest BCUT2D eigenvalue weighted by atomic mass is 10.0. The molecule has 7 nitrogen and oxygen atoms in total. The SMILES string of the molecule is CC.N=C(c1cc(O)c(F)c(F)c1)c1c(N)ncnc1NC1Cc2cc(F)ccc2C1=O. The molecule has 1 heterocycles. The third-order valence-corrected chi connectivity index (χ3v) is 4.81. The summed E-state index contributed by atoms with van der Waals surface area (Å²) < 4.78 is 40.6. The van der Waals surface area contributed by atoms with Crippen molar-refractivity contribution in [2.24, 2.45) is 0 Å². The van der Waals surface area contributed by atoms with E-state index in [1.54, 1.807) is 0 Å². The number of anilines is 2. The number of carbonyl (C=O) groups is 1. The van der Waals surface area contributed by atoms with E-state index in [9.17, 15) is 23.1 Å². The highest BCUT2D eigenvalue weighted by atomic mass is 19.2. The van der Waals surface area contributed by atoms with Crippen LogP contribution < -0.4 is 11.1 Å². The summed E-state index contributed by atoms with van der Waals surface area (Å²) in [5.41, 5.74) is 6.17. The molecule has 0 bridgehead atoms. The van der Waals surface area contributed by atoms with Crippen molar-refractivity contribution in [3.63, 3.8) is 0 Å². The second-order valence-electron chi connectivity index (χ2n) is 6.72. The number of nitrogens with one attached hydrogen (secondary N) is 2. The van der Waals surface area contributed by atoms with Gasteiger partial charge < -0.3 is 16.2 Å². The van der Waals surface area contributed by atoms with Gasteiger partial charge in [-0.25, -0.2) is 18.7 Å². The van der Waals surface area contributed by atoms with Crippen molar-refractivity contribution in [2.75, 3.05) is 11.1 Å². The molecule has 0 radical (unpaired) electrons. The van der Waals surface area contributed by atoms with E-state index < -0.39 is 29.2 Å². The Morgan fingerprint density at radius 1 is 1.19 bits per heavy atom. The molecule has 2 aromatic carbocycles. The molecule has 1 aromatic heterocycles. The highest BCUT2D eigenvalue weighted by Crippen LogP contribution is 2.29. The topological polar surface area (TPSA) is 125 Å². The molecule has 10 heteroatoms. The average Bonchev–Trinajstić information content (AvgIpc) is 3.07. The van der Waals surface area contributed by atoms with Crippen LogP contribution in [0.2, 0.25) is 0 Å². The summed E-state index contributed by atoms with van der Waals surface area (Å²) >= 11 is 0. The third kappa shape index (κ3) is 4.11. The molecule has 1 atom stereocenters. The molecule has 1 unspecified atom stereocenters. The average molecular weight is 443 g/mol. The van der Waals surface area contributed by atoms with Crippen molar-refractivity contribution in [1.82, 2.24) is 9.97 Å². The second-order valence-corrected chi connectivity index (χ2v) is 6.72. The van der Waals surface area contributed by atoms with Gasteiger partial charge in [0.25, 0.3) is 0 Å². The molecule has 0 aliphatic heterocycles. The minimum absolute atomic E-state index is 0.0170. The first-order chi connectivity index (χ1) is 15.3. The lowest BCUT2D eigenvalue weighted by Crippen LogP contribution is -2.28. The number of hydrogen-bond acceptors (Lipinski definition) is 7. The first kappa shape index (κ1) is 22.7. The number of benzene rings is 2. The van der Waals surface area contributed by atoms with Crippen LogP contribution in [-0.2, 0) is 6.42 Å². The van der Waals surface area contributed by atoms with Crippen LogP contribution >= 0.6 is 0 Å². The molecule has 166 valence electrons. The molecule has 3 aromatic rings. The van der Waals surface area contributed by atoms with Crippen LogP contribution in [-0.4, -0.2) is 32.6 Å². The fourth-order valence-corrected chi connectivity index (χ4v) is 3.37. The quantitative estimate of drug-likeness (QED) is 0.454. The predicted octanol–water partition coefficient (Wildman–Crippen LogP) is 3.84. The molecule has 0 saturated carbocycles. The van der Waals surface area contributed by atoms with Gasteiger partial charge >= 0.3 is 0 Å². The van der Waals surface area contributed by atoms with Gasteiger partial charge in [-0.2, -0.15) is 4.39 Å². The van der Waals surface area contributed by atoms with E-state index in [-0.39, 0.29) is 40.7 Å². The number of nitrogens with zero attached hydrogens (tertiary/aromatic N) is 2. The molecule has 1 aliphatic rings. The van der Waals surface area contributed by atoms with Gasteiger partial charge in [-0.1, -0.05) is 13.8 Å². The van der Waals surface area contributed by atoms with E-state index in [4.69, 9.17) is 11.1 Å². The molecular weight excluding hydrogens is 423 g/mol. The van der Waals surface area contributed by atoms with Gasteiger partial charge in [0, 0.05) is 17.5 Å². The number of nitrogens with two attached hydrogens (primary N) is 1. The molecule has 5 N–H and O–H groups in total. The minimum Gasteiger partial charge on any atom is -0.505 e. The van der Waals surface area contributed by atoms with Crippen molar-refractivity contribution in [3.8, 4) is 5.75 Å². The maximum absolute atomic E-state index is 13.7. The van der Waals surface area contributed by atoms with Crippen LogP contribution in [0, 0.1) is 22.9 Å². The number of ketones is 1. The summed E-state index contributed by atoms with van der Waals surface area (Å²) in [6.45, 7) is 4.00. The molecule has 0 spiro atoms. The van der Waals surface area contributed by atoms with Crippen molar-refractivity contribution in [1.29, 1.82) is 5.41 Å². The largest absolute Gasteiger partial charge is 0.505 e. The summed E-state index contributed by atoms with van der Waals surface area (Å²) in [4.78, 5) is 20.5. The lowest BCUT2D eigenvalue weighted by molar-refractivity contribution is 0.0982. The van der Waals surface area contributed by atoms with Crippen LogP contribution in [0.3, 0.4) is 0 Å². The maximum Gasteiger partial charge on any atom is 0.200 e. The minimum atomic E-state index is -1.44. The monoisotopic (exact) mass is 443 g/mol. The smallest absolute Gasteiger partial charge is 0.200 e. The number of phenolic OH excluding ortho intramolecular Hbond substituents is 1. The Bertz CT molecular complexity index is 1190. The normalized spacial score (nSPS) is 14.4. The van der Waals surface area contributed by atoms with Gasteiger partial charge in [0.2, 0.25) is 0 Å². The van der Waals surface area contributed by atoms with Crippen molar-refractivity contribution in [2.45, 2.75) is 26.3 Å². The summed E-state index contributed by atoms with van der Waals surface area (Å²) in [5.74, 6) is -4.63. The Morgan fingerprint density at radius 2 is 1.91 bits per heavy atom. The van der Waals surface area contributed by atoms with Crippen LogP contribution in [0.1, 0.15) is 40.9 Å². The lowest BCUT2D eigenvalue weighted by Gasteiger charge is -2.17. The zero-order valence-electron chi connectivity index (χ0n) is 17.2. The van der Waals surface area contributed by atoms with E-state index in [1.807, 2.05) is 13.8 Å². The number of carbonyl (C=O) groups excluding carboxylic acids is 1. The fraction of sp³-hybridized carbons (Fsp3) is 0.182. The summed E-state index contributed by atoms with van der Waals surface area (Å²) in [6, 6.07) is 4.68. The van der Waals surface area contributed by atoms with Crippen LogP contribution in [0.4, 0.5) is 24.8 Å². The Morgan fingerprint density at radius 3 is 2.59 bits per heavy atom. The number of rotatable bonds is 4. The Labute approximate surface area is 181 Å². The van der Waals surface area contributed by atoms with E-state index in [0.29, 0.717) is 11.1 Å².